The van der Waals surface area contributed by atoms with E-state index in [-0.39, 0.29) is 17.7 Å². The van der Waals surface area contributed by atoms with Crippen LogP contribution in [0.4, 0.5) is 0 Å². The summed E-state index contributed by atoms with van der Waals surface area (Å²) in [5.74, 6) is 0.851. The zero-order valence-corrected chi connectivity index (χ0v) is 13.1. The quantitative estimate of drug-likeness (QED) is 0.947. The highest BCUT2D eigenvalue weighted by Gasteiger charge is 2.31. The Hall–Kier alpha value is -2.82. The molecule has 118 valence electrons. The molecule has 5 nitrogen and oxygen atoms in total. The summed E-state index contributed by atoms with van der Waals surface area (Å²) in [6.07, 6.45) is 0.607. The number of hydrazone groups is 1. The van der Waals surface area contributed by atoms with Gasteiger partial charge in [-0.15, -0.1) is 0 Å². The van der Waals surface area contributed by atoms with Crippen molar-refractivity contribution in [3.05, 3.63) is 59.7 Å². The molecular weight excluding hydrogens is 292 g/mol. The molecule has 0 saturated carbocycles. The number of phenols is 1. The largest absolute Gasteiger partial charge is 0.508 e. The van der Waals surface area contributed by atoms with E-state index in [0.29, 0.717) is 6.42 Å². The number of amides is 1. The van der Waals surface area contributed by atoms with Crippen LogP contribution in [0.15, 0.2) is 53.6 Å². The van der Waals surface area contributed by atoms with Crippen molar-refractivity contribution < 1.29 is 14.6 Å². The first-order valence-corrected chi connectivity index (χ1v) is 7.39. The lowest BCUT2D eigenvalue weighted by Gasteiger charge is -2.20. The summed E-state index contributed by atoms with van der Waals surface area (Å²) in [6, 6.07) is 14.4. The summed E-state index contributed by atoms with van der Waals surface area (Å²) in [4.78, 5) is 11.9. The zero-order chi connectivity index (χ0) is 16.4. The van der Waals surface area contributed by atoms with Crippen LogP contribution >= 0.6 is 0 Å². The van der Waals surface area contributed by atoms with Gasteiger partial charge in [-0.1, -0.05) is 24.3 Å². The first-order valence-electron chi connectivity index (χ1n) is 7.39. The Balaban J connectivity index is 1.92. The van der Waals surface area contributed by atoms with Gasteiger partial charge in [-0.2, -0.15) is 5.10 Å². The summed E-state index contributed by atoms with van der Waals surface area (Å²) in [5.41, 5.74) is 2.61. The predicted molar refractivity (Wildman–Crippen MR) is 87.5 cm³/mol. The van der Waals surface area contributed by atoms with Crippen molar-refractivity contribution in [2.24, 2.45) is 5.10 Å². The summed E-state index contributed by atoms with van der Waals surface area (Å²) in [7, 11) is 1.62. The van der Waals surface area contributed by atoms with E-state index in [2.05, 4.69) is 5.10 Å². The fourth-order valence-electron chi connectivity index (χ4n) is 2.75. The average Bonchev–Trinajstić information content (AvgIpc) is 3.00. The molecule has 1 aliphatic rings. The summed E-state index contributed by atoms with van der Waals surface area (Å²) < 4.78 is 5.17. The highest BCUT2D eigenvalue weighted by Crippen LogP contribution is 2.33. The molecule has 0 fully saturated rings. The molecule has 5 heteroatoms. The molecule has 1 atom stereocenters. The standard InChI is InChI=1S/C18H18N2O3/c1-12(21)20-18(13-6-8-16(23-2)9-7-13)11-17(19-20)14-4-3-5-15(22)10-14/h3-10,18,22H,11H2,1-2H3. The third-order valence-electron chi connectivity index (χ3n) is 3.91. The Morgan fingerprint density at radius 1 is 1.26 bits per heavy atom. The van der Waals surface area contributed by atoms with Gasteiger partial charge in [0.05, 0.1) is 18.9 Å². The molecule has 2 aromatic rings. The minimum absolute atomic E-state index is 0.110. The van der Waals surface area contributed by atoms with Crippen molar-refractivity contribution in [1.29, 1.82) is 0 Å². The lowest BCUT2D eigenvalue weighted by molar-refractivity contribution is -0.130. The van der Waals surface area contributed by atoms with Crippen LogP contribution in [0, 0.1) is 0 Å². The number of carbonyl (C=O) groups is 1. The monoisotopic (exact) mass is 310 g/mol. The second-order valence-corrected chi connectivity index (χ2v) is 5.45. The van der Waals surface area contributed by atoms with Crippen LogP contribution in [-0.4, -0.2) is 28.8 Å². The Kier molecular flexibility index (Phi) is 4.02. The third-order valence-corrected chi connectivity index (χ3v) is 3.91. The number of phenolic OH excluding ortho intramolecular Hbond substituents is 1. The van der Waals surface area contributed by atoms with Crippen LogP contribution in [0.25, 0.3) is 0 Å². The number of hydrogen-bond donors (Lipinski definition) is 1. The second-order valence-electron chi connectivity index (χ2n) is 5.45. The van der Waals surface area contributed by atoms with E-state index >= 15 is 0 Å². The second kappa shape index (κ2) is 6.12. The number of aromatic hydroxyl groups is 1. The van der Waals surface area contributed by atoms with Gasteiger partial charge in [0.25, 0.3) is 0 Å². The van der Waals surface area contributed by atoms with E-state index in [1.165, 1.54) is 11.9 Å². The number of methoxy groups -OCH3 is 1. The molecular formula is C18H18N2O3. The van der Waals surface area contributed by atoms with E-state index in [1.807, 2.05) is 30.3 Å². The van der Waals surface area contributed by atoms with Gasteiger partial charge < -0.3 is 9.84 Å². The first-order chi connectivity index (χ1) is 11.1. The van der Waals surface area contributed by atoms with Crippen LogP contribution < -0.4 is 4.74 Å². The number of ether oxygens (including phenoxy) is 1. The van der Waals surface area contributed by atoms with E-state index in [0.717, 1.165) is 22.6 Å². The summed E-state index contributed by atoms with van der Waals surface area (Å²) in [5, 5.41) is 15.6. The molecule has 0 bridgehead atoms. The van der Waals surface area contributed by atoms with Crippen LogP contribution in [0.3, 0.4) is 0 Å². The van der Waals surface area contributed by atoms with Crippen molar-refractivity contribution in [2.45, 2.75) is 19.4 Å². The van der Waals surface area contributed by atoms with E-state index in [4.69, 9.17) is 4.74 Å². The fourth-order valence-corrected chi connectivity index (χ4v) is 2.75. The van der Waals surface area contributed by atoms with Crippen molar-refractivity contribution >= 4 is 11.6 Å². The van der Waals surface area contributed by atoms with Gasteiger partial charge in [-0.25, -0.2) is 5.01 Å². The molecule has 1 aliphatic heterocycles. The van der Waals surface area contributed by atoms with Crippen molar-refractivity contribution in [1.82, 2.24) is 5.01 Å². The number of nitrogens with zero attached hydrogens (tertiary/aromatic N) is 2. The maximum absolute atomic E-state index is 11.9. The topological polar surface area (TPSA) is 62.1 Å². The highest BCUT2D eigenvalue weighted by molar-refractivity contribution is 6.03. The number of rotatable bonds is 3. The molecule has 1 amide bonds. The maximum Gasteiger partial charge on any atom is 0.240 e. The van der Waals surface area contributed by atoms with Crippen molar-refractivity contribution in [2.75, 3.05) is 7.11 Å². The SMILES string of the molecule is COc1ccc(C2CC(c3cccc(O)c3)=NN2C(C)=O)cc1. The van der Waals surface area contributed by atoms with Gasteiger partial charge in [0.15, 0.2) is 0 Å². The van der Waals surface area contributed by atoms with Gasteiger partial charge in [-0.3, -0.25) is 4.79 Å². The predicted octanol–water partition coefficient (Wildman–Crippen LogP) is 3.10. The van der Waals surface area contributed by atoms with Crippen LogP contribution in [-0.2, 0) is 4.79 Å². The van der Waals surface area contributed by atoms with E-state index < -0.39 is 0 Å². The average molecular weight is 310 g/mol. The highest BCUT2D eigenvalue weighted by atomic mass is 16.5. The van der Waals surface area contributed by atoms with Crippen LogP contribution in [0.2, 0.25) is 0 Å². The normalized spacial score (nSPS) is 17.0. The van der Waals surface area contributed by atoms with Gasteiger partial charge in [0.2, 0.25) is 5.91 Å². The summed E-state index contributed by atoms with van der Waals surface area (Å²) >= 11 is 0. The van der Waals surface area contributed by atoms with Gasteiger partial charge >= 0.3 is 0 Å². The molecule has 0 spiro atoms. The lowest BCUT2D eigenvalue weighted by atomic mass is 9.98. The Morgan fingerprint density at radius 2 is 2.00 bits per heavy atom. The minimum Gasteiger partial charge on any atom is -0.508 e. The van der Waals surface area contributed by atoms with Crippen molar-refractivity contribution in [3.8, 4) is 11.5 Å². The molecule has 1 unspecified atom stereocenters. The van der Waals surface area contributed by atoms with Crippen molar-refractivity contribution in [3.63, 3.8) is 0 Å². The van der Waals surface area contributed by atoms with Gasteiger partial charge in [-0.05, 0) is 29.8 Å². The Morgan fingerprint density at radius 3 is 2.61 bits per heavy atom. The molecule has 0 radical (unpaired) electrons. The number of hydrogen-bond acceptors (Lipinski definition) is 4. The molecule has 2 aromatic carbocycles. The zero-order valence-electron chi connectivity index (χ0n) is 13.1. The molecule has 0 aliphatic carbocycles. The Labute approximate surface area is 134 Å². The number of carbonyl (C=O) groups excluding carboxylic acids is 1. The third kappa shape index (κ3) is 3.04. The molecule has 0 aromatic heterocycles. The summed E-state index contributed by atoms with van der Waals surface area (Å²) in [6.45, 7) is 1.51. The van der Waals surface area contributed by atoms with E-state index in [1.54, 1.807) is 25.3 Å². The molecule has 0 saturated heterocycles. The minimum atomic E-state index is -0.143. The van der Waals surface area contributed by atoms with Gasteiger partial charge in [0.1, 0.15) is 11.5 Å². The lowest BCUT2D eigenvalue weighted by Crippen LogP contribution is -2.24. The van der Waals surface area contributed by atoms with Crippen LogP contribution in [0.5, 0.6) is 11.5 Å². The maximum atomic E-state index is 11.9. The molecule has 1 N–H and O–H groups in total. The smallest absolute Gasteiger partial charge is 0.240 e. The molecule has 3 rings (SSSR count). The van der Waals surface area contributed by atoms with E-state index in [9.17, 15) is 9.90 Å². The van der Waals surface area contributed by atoms with Crippen LogP contribution in [0.1, 0.15) is 30.5 Å². The fraction of sp³-hybridized carbons (Fsp3) is 0.222. The number of benzene rings is 2. The van der Waals surface area contributed by atoms with Gasteiger partial charge in [0, 0.05) is 18.9 Å². The Bertz CT molecular complexity index is 753. The first kappa shape index (κ1) is 15.1. The molecule has 23 heavy (non-hydrogen) atoms. The molecule has 1 heterocycles.